The molecule has 0 aromatic heterocycles. The monoisotopic (exact) mass is 841 g/mol. The van der Waals surface area contributed by atoms with Gasteiger partial charge in [-0.05, 0) is 20.3 Å². The molecule has 23 nitrogen and oxygen atoms in total. The maximum atomic E-state index is 10.9. The van der Waals surface area contributed by atoms with Crippen molar-refractivity contribution < 1.29 is 98.2 Å². The highest BCUT2D eigenvalue weighted by Gasteiger charge is 2.52. The molecule has 8 unspecified atom stereocenters. The molecule has 3 rings (SSSR count). The van der Waals surface area contributed by atoms with Crippen LogP contribution in [0.2, 0.25) is 0 Å². The lowest BCUT2D eigenvalue weighted by molar-refractivity contribution is -0.347. The van der Waals surface area contributed by atoms with Crippen LogP contribution in [0.4, 0.5) is 0 Å². The predicted octanol–water partition coefficient (Wildman–Crippen LogP) is -5.06. The van der Waals surface area contributed by atoms with Gasteiger partial charge in [0.05, 0.1) is 69.5 Å². The van der Waals surface area contributed by atoms with Crippen molar-refractivity contribution in [1.29, 1.82) is 0 Å². The highest BCUT2D eigenvalue weighted by molar-refractivity contribution is 5.78. The van der Waals surface area contributed by atoms with Gasteiger partial charge in [-0.2, -0.15) is 0 Å². The van der Waals surface area contributed by atoms with Crippen LogP contribution in [0.5, 0.6) is 0 Å². The summed E-state index contributed by atoms with van der Waals surface area (Å²) in [7, 11) is 4.21. The van der Waals surface area contributed by atoms with Gasteiger partial charge < -0.3 is 106 Å². The van der Waals surface area contributed by atoms with E-state index in [1.165, 1.54) is 21.1 Å². The van der Waals surface area contributed by atoms with E-state index in [1.54, 1.807) is 21.0 Å². The van der Waals surface area contributed by atoms with Crippen molar-refractivity contribution in [2.45, 2.75) is 140 Å². The van der Waals surface area contributed by atoms with Gasteiger partial charge in [0.2, 0.25) is 0 Å². The number of carboxylic acid groups (broad SMARTS) is 1. The van der Waals surface area contributed by atoms with Crippen LogP contribution < -0.4 is 17.2 Å². The van der Waals surface area contributed by atoms with E-state index in [9.17, 15) is 40.2 Å². The van der Waals surface area contributed by atoms with Crippen molar-refractivity contribution in [3.05, 3.63) is 0 Å². The highest BCUT2D eigenvalue weighted by Crippen LogP contribution is 2.32. The van der Waals surface area contributed by atoms with Gasteiger partial charge in [-0.15, -0.1) is 0 Å². The molecule has 3 saturated heterocycles. The number of carbonyl (C=O) groups excluding carboxylic acids is 1. The number of ether oxygens (including phenoxy) is 9. The highest BCUT2D eigenvalue weighted by atomic mass is 16.7. The van der Waals surface area contributed by atoms with Crippen molar-refractivity contribution >= 4 is 11.9 Å². The number of esters is 1. The molecule has 0 aromatic rings. The Morgan fingerprint density at radius 3 is 1.46 bits per heavy atom. The number of carbonyl (C=O) groups is 2. The van der Waals surface area contributed by atoms with Gasteiger partial charge in [0.25, 0.3) is 0 Å². The van der Waals surface area contributed by atoms with E-state index in [0.717, 1.165) is 6.42 Å². The molecule has 3 fully saturated rings. The molecule has 0 saturated carbocycles. The van der Waals surface area contributed by atoms with Crippen molar-refractivity contribution in [3.63, 3.8) is 0 Å². The first kappa shape index (κ1) is 57.3. The number of hydrogen-bond donors (Lipinski definition) is 12. The van der Waals surface area contributed by atoms with E-state index in [0.29, 0.717) is 6.61 Å². The number of aliphatic carboxylic acids is 1. The standard InChI is InChI=1S/C20H39N3O12.C6H10O5.C4H10O.C3H8O2.CH4/c1-6-7(3-24)31-19(10(21)13(6)27)34-17-9(5-26)33-20(12(23)15(17)29)35-16-8(4-25)32-18(30-2)11(22)14(16)28;1-4(6(8)9)11-5(7)3-10-2;1-3-4(2)5;1-5-3-2-4;/h6-20,24-29H,3-5,21-23H2,1-2H3;4H,3H2,1-2H3,(H,8,9);4-5H,3H2,1-2H3;4H,2-3H2,1H3;1H4/t6-,7+,8+,9?,10?,11?,12?,13?,14?,15-,16-,17-,18-,19+,20+;;;;/m1..../s1. The molecule has 0 radical (unpaired) electrons. The lowest BCUT2D eigenvalue weighted by atomic mass is 9.89. The van der Waals surface area contributed by atoms with E-state index in [4.69, 9.17) is 60.9 Å². The first-order valence-electron chi connectivity index (χ1n) is 18.0. The van der Waals surface area contributed by atoms with E-state index in [-0.39, 0.29) is 26.7 Å². The fraction of sp³-hybridized carbons (Fsp3) is 0.941. The van der Waals surface area contributed by atoms with E-state index in [2.05, 4.69) is 14.2 Å². The topological polar surface area (TPSA) is 377 Å². The largest absolute Gasteiger partial charge is 0.479 e. The average molecular weight is 842 g/mol. The summed E-state index contributed by atoms with van der Waals surface area (Å²) in [6.45, 7) is 5.44. The van der Waals surface area contributed by atoms with Crippen LogP contribution in [0.1, 0.15) is 41.5 Å². The third kappa shape index (κ3) is 18.5. The van der Waals surface area contributed by atoms with E-state index < -0.39 is 130 Å². The SMILES string of the molecule is C.CCC(C)O.COCC(=O)OC(C)C(=O)O.COCCO.CO[C@@H]1O[C@@H](CO)[C@@H](O[C@@H]2OC(CO)[C@@H](O[C@@H]3O[C@@H](CO)[C@@H](C)C(O)C3N)[C@H](O)C2N)C(O)C1N. The number of aliphatic hydroxyl groups excluding tert-OH is 8. The number of hydrogen-bond acceptors (Lipinski definition) is 22. The van der Waals surface area contributed by atoms with Gasteiger partial charge in [0.1, 0.15) is 43.2 Å². The number of aliphatic hydroxyl groups is 8. The summed E-state index contributed by atoms with van der Waals surface area (Å²) < 4.78 is 46.8. The summed E-state index contributed by atoms with van der Waals surface area (Å²) in [4.78, 5) is 20.7. The Morgan fingerprint density at radius 2 is 1.12 bits per heavy atom. The van der Waals surface area contributed by atoms with Gasteiger partial charge in [-0.1, -0.05) is 21.3 Å². The molecule has 342 valence electrons. The minimum atomic E-state index is -1.47. The second kappa shape index (κ2) is 30.2. The minimum Gasteiger partial charge on any atom is -0.479 e. The molecule has 3 aliphatic heterocycles. The number of nitrogens with two attached hydrogens (primary N) is 3. The van der Waals surface area contributed by atoms with Crippen LogP contribution in [0.3, 0.4) is 0 Å². The Morgan fingerprint density at radius 1 is 0.719 bits per heavy atom. The normalized spacial score (nSPS) is 35.9. The smallest absolute Gasteiger partial charge is 0.344 e. The molecule has 23 heteroatoms. The molecule has 0 amide bonds. The second-order valence-electron chi connectivity index (χ2n) is 13.1. The van der Waals surface area contributed by atoms with E-state index >= 15 is 0 Å². The minimum absolute atomic E-state index is 0. The molecule has 15 N–H and O–H groups in total. The number of rotatable bonds is 15. The molecule has 0 spiro atoms. The van der Waals surface area contributed by atoms with Crippen LogP contribution >= 0.6 is 0 Å². The van der Waals surface area contributed by atoms with Crippen molar-refractivity contribution in [3.8, 4) is 0 Å². The molecule has 57 heavy (non-hydrogen) atoms. The lowest BCUT2D eigenvalue weighted by Gasteiger charge is -2.49. The van der Waals surface area contributed by atoms with Crippen molar-refractivity contribution in [2.24, 2.45) is 23.1 Å². The van der Waals surface area contributed by atoms with Gasteiger partial charge >= 0.3 is 11.9 Å². The summed E-state index contributed by atoms with van der Waals surface area (Å²) >= 11 is 0. The summed E-state index contributed by atoms with van der Waals surface area (Å²) in [5, 5.41) is 85.6. The first-order valence-corrected chi connectivity index (χ1v) is 18.0. The predicted molar refractivity (Wildman–Crippen MR) is 198 cm³/mol. The number of carboxylic acids is 1. The first-order chi connectivity index (χ1) is 26.3. The molecule has 3 heterocycles. The Hall–Kier alpha value is -1.82. The molecule has 0 aromatic carbocycles. The molecular formula is C34H71N3O20. The molecule has 0 bridgehead atoms. The van der Waals surface area contributed by atoms with Crippen LogP contribution in [-0.4, -0.2) is 217 Å². The fourth-order valence-electron chi connectivity index (χ4n) is 5.10. The van der Waals surface area contributed by atoms with Crippen LogP contribution in [0.15, 0.2) is 0 Å². The summed E-state index contributed by atoms with van der Waals surface area (Å²) in [5.41, 5.74) is 18.1. The van der Waals surface area contributed by atoms with Gasteiger partial charge in [-0.3, -0.25) is 0 Å². The van der Waals surface area contributed by atoms with Gasteiger partial charge in [0.15, 0.2) is 25.0 Å². The zero-order valence-corrected chi connectivity index (χ0v) is 33.0. The Labute approximate surface area is 333 Å². The molecule has 0 aliphatic carbocycles. The Bertz CT molecular complexity index is 1050. The zero-order valence-electron chi connectivity index (χ0n) is 33.0. The quantitative estimate of drug-likeness (QED) is 0.0686. The van der Waals surface area contributed by atoms with Crippen molar-refractivity contribution in [1.82, 2.24) is 0 Å². The Kier molecular flexibility index (Phi) is 30.4. The van der Waals surface area contributed by atoms with Gasteiger partial charge in [-0.25, -0.2) is 9.59 Å². The second-order valence-corrected chi connectivity index (χ2v) is 13.1. The summed E-state index contributed by atoms with van der Waals surface area (Å²) in [6.07, 6.45) is -13.3. The van der Waals surface area contributed by atoms with Gasteiger partial charge in [0, 0.05) is 27.2 Å². The van der Waals surface area contributed by atoms with Crippen LogP contribution in [-0.2, 0) is 52.2 Å². The van der Waals surface area contributed by atoms with Crippen LogP contribution in [0.25, 0.3) is 0 Å². The Balaban J connectivity index is 0. The molecule has 3 aliphatic rings. The summed E-state index contributed by atoms with van der Waals surface area (Å²) in [5.74, 6) is -2.32. The lowest BCUT2D eigenvalue weighted by Crippen LogP contribution is -2.69. The molecular weight excluding hydrogens is 770 g/mol. The third-order valence-corrected chi connectivity index (χ3v) is 8.74. The average Bonchev–Trinajstić information content (AvgIpc) is 3.17. The van der Waals surface area contributed by atoms with Crippen molar-refractivity contribution in [2.75, 3.05) is 61.0 Å². The van der Waals surface area contributed by atoms with E-state index in [1.807, 2.05) is 6.92 Å². The summed E-state index contributed by atoms with van der Waals surface area (Å²) in [6, 6.07) is -3.27. The maximum absolute atomic E-state index is 10.9. The maximum Gasteiger partial charge on any atom is 0.344 e. The zero-order chi connectivity index (χ0) is 43.3. The number of methoxy groups -OCH3 is 3. The molecule has 17 atom stereocenters. The van der Waals surface area contributed by atoms with Crippen LogP contribution in [0, 0.1) is 5.92 Å². The fourth-order valence-corrected chi connectivity index (χ4v) is 5.10. The third-order valence-electron chi connectivity index (χ3n) is 8.74.